The highest BCUT2D eigenvalue weighted by atomic mass is 16.3. The monoisotopic (exact) mass is 386 g/mol. The highest BCUT2D eigenvalue weighted by Gasteiger charge is 2.25. The number of likely N-dealkylation sites (tertiary alicyclic amines) is 1. The summed E-state index contributed by atoms with van der Waals surface area (Å²) in [5.74, 6) is 1.66. The number of amides is 2. The van der Waals surface area contributed by atoms with E-state index in [0.29, 0.717) is 26.1 Å². The third-order valence-electron chi connectivity index (χ3n) is 5.02. The molecule has 1 atom stereocenters. The van der Waals surface area contributed by atoms with Gasteiger partial charge in [-0.3, -0.25) is 14.4 Å². The lowest BCUT2D eigenvalue weighted by atomic mass is 9.93. The minimum atomic E-state index is -0.246. The molecule has 1 N–H and O–H groups in total. The van der Waals surface area contributed by atoms with E-state index in [1.54, 1.807) is 4.90 Å². The van der Waals surface area contributed by atoms with Crippen LogP contribution in [0.5, 0.6) is 0 Å². The third-order valence-corrected chi connectivity index (χ3v) is 5.02. The molecule has 3 heterocycles. The number of nitrogens with one attached hydrogen (secondary N) is 1. The first-order chi connectivity index (χ1) is 13.4. The second-order valence-corrected chi connectivity index (χ2v) is 7.27. The quantitative estimate of drug-likeness (QED) is 0.814. The number of nitrogens with zero attached hydrogens (tertiary/aromatic N) is 3. The second-order valence-electron chi connectivity index (χ2n) is 7.27. The smallest absolute Gasteiger partial charge is 0.274 e. The van der Waals surface area contributed by atoms with Crippen molar-refractivity contribution in [3.63, 3.8) is 0 Å². The van der Waals surface area contributed by atoms with Gasteiger partial charge >= 0.3 is 0 Å². The molecule has 2 aromatic rings. The van der Waals surface area contributed by atoms with E-state index in [4.69, 9.17) is 4.42 Å². The maximum atomic E-state index is 12.7. The van der Waals surface area contributed by atoms with Crippen LogP contribution in [0.3, 0.4) is 0 Å². The van der Waals surface area contributed by atoms with Crippen LogP contribution in [-0.4, -0.2) is 39.6 Å². The van der Waals surface area contributed by atoms with Gasteiger partial charge in [0.2, 0.25) is 5.91 Å². The zero-order chi connectivity index (χ0) is 20.1. The van der Waals surface area contributed by atoms with Gasteiger partial charge in [0.1, 0.15) is 17.2 Å². The average Bonchev–Trinajstić information content (AvgIpc) is 3.12. The summed E-state index contributed by atoms with van der Waals surface area (Å²) in [5, 5.41) is 6.91. The molecular formula is C20H26N4O4. The summed E-state index contributed by atoms with van der Waals surface area (Å²) < 4.78 is 6.61. The van der Waals surface area contributed by atoms with Gasteiger partial charge in [-0.15, -0.1) is 0 Å². The molecule has 1 aliphatic rings. The molecule has 8 nitrogen and oxygen atoms in total. The maximum Gasteiger partial charge on any atom is 0.274 e. The molecular weight excluding hydrogens is 360 g/mol. The van der Waals surface area contributed by atoms with E-state index in [0.717, 1.165) is 30.8 Å². The van der Waals surface area contributed by atoms with Crippen LogP contribution in [0.25, 0.3) is 0 Å². The van der Waals surface area contributed by atoms with Crippen molar-refractivity contribution in [3.8, 4) is 0 Å². The fraction of sp³-hybridized carbons (Fsp3) is 0.500. The molecule has 0 aromatic carbocycles. The number of carbonyl (C=O) groups excluding carboxylic acids is 2. The molecule has 150 valence electrons. The van der Waals surface area contributed by atoms with Crippen molar-refractivity contribution in [2.45, 2.75) is 39.2 Å². The van der Waals surface area contributed by atoms with E-state index in [1.165, 1.54) is 23.9 Å². The van der Waals surface area contributed by atoms with Crippen molar-refractivity contribution in [1.82, 2.24) is 20.0 Å². The molecule has 1 saturated heterocycles. The number of carbonyl (C=O) groups is 2. The molecule has 0 saturated carbocycles. The largest absolute Gasteiger partial charge is 0.465 e. The van der Waals surface area contributed by atoms with Crippen LogP contribution in [0.4, 0.5) is 0 Å². The number of aryl methyl sites for hydroxylation is 2. The number of rotatable bonds is 6. The van der Waals surface area contributed by atoms with Gasteiger partial charge in [0.15, 0.2) is 0 Å². The molecule has 1 aliphatic heterocycles. The normalized spacial score (nSPS) is 16.8. The van der Waals surface area contributed by atoms with Gasteiger partial charge in [0.05, 0.1) is 6.54 Å². The molecule has 8 heteroatoms. The van der Waals surface area contributed by atoms with Gasteiger partial charge in [-0.1, -0.05) is 0 Å². The number of aromatic nitrogens is 2. The summed E-state index contributed by atoms with van der Waals surface area (Å²) >= 11 is 0. The zero-order valence-electron chi connectivity index (χ0n) is 16.3. The first kappa shape index (κ1) is 19.9. The number of furan rings is 1. The Hall–Kier alpha value is -2.90. The fourth-order valence-corrected chi connectivity index (χ4v) is 3.45. The molecule has 1 fully saturated rings. The van der Waals surface area contributed by atoms with Crippen LogP contribution < -0.4 is 10.9 Å². The molecule has 0 unspecified atom stereocenters. The minimum absolute atomic E-state index is 0.0165. The highest BCUT2D eigenvalue weighted by molar-refractivity contribution is 5.92. The van der Waals surface area contributed by atoms with E-state index in [-0.39, 0.29) is 29.0 Å². The van der Waals surface area contributed by atoms with Crippen molar-refractivity contribution in [2.75, 3.05) is 13.1 Å². The van der Waals surface area contributed by atoms with E-state index in [1.807, 2.05) is 19.1 Å². The van der Waals surface area contributed by atoms with Crippen molar-refractivity contribution in [2.24, 2.45) is 13.0 Å². The summed E-state index contributed by atoms with van der Waals surface area (Å²) in [4.78, 5) is 38.0. The molecule has 3 rings (SSSR count). The van der Waals surface area contributed by atoms with Crippen LogP contribution in [0, 0.1) is 12.8 Å². The predicted octanol–water partition coefficient (Wildman–Crippen LogP) is 1.63. The summed E-state index contributed by atoms with van der Waals surface area (Å²) in [6.07, 6.45) is 3.04. The van der Waals surface area contributed by atoms with Gasteiger partial charge < -0.3 is 14.6 Å². The van der Waals surface area contributed by atoms with Crippen molar-refractivity contribution < 1.29 is 14.0 Å². The lowest BCUT2D eigenvalue weighted by Gasteiger charge is -2.32. The number of hydrogen-bond acceptors (Lipinski definition) is 5. The van der Waals surface area contributed by atoms with Crippen LogP contribution in [-0.2, 0) is 18.4 Å². The van der Waals surface area contributed by atoms with Gasteiger partial charge in [-0.25, -0.2) is 4.68 Å². The Morgan fingerprint density at radius 2 is 2.11 bits per heavy atom. The Bertz CT molecular complexity index is 902. The van der Waals surface area contributed by atoms with E-state index in [2.05, 4.69) is 10.4 Å². The van der Waals surface area contributed by atoms with Crippen LogP contribution in [0.2, 0.25) is 0 Å². The summed E-state index contributed by atoms with van der Waals surface area (Å²) in [5.41, 5.74) is 0.0260. The third kappa shape index (κ3) is 5.09. The average molecular weight is 386 g/mol. The molecule has 2 amide bonds. The lowest BCUT2D eigenvalue weighted by Crippen LogP contribution is -2.41. The van der Waals surface area contributed by atoms with E-state index >= 15 is 0 Å². The maximum absolute atomic E-state index is 12.7. The summed E-state index contributed by atoms with van der Waals surface area (Å²) in [6.45, 7) is 3.53. The Labute approximate surface area is 163 Å². The van der Waals surface area contributed by atoms with Gasteiger partial charge in [-0.05, 0) is 50.3 Å². The van der Waals surface area contributed by atoms with Gasteiger partial charge in [-0.2, -0.15) is 5.10 Å². The Morgan fingerprint density at radius 3 is 2.82 bits per heavy atom. The molecule has 0 spiro atoms. The SMILES string of the molecule is Cc1ccc(CNC(=O)CC[C@@H]2CCCN(C(=O)c3ccc(=O)n(C)n3)C2)o1. The predicted molar refractivity (Wildman–Crippen MR) is 103 cm³/mol. The molecule has 0 bridgehead atoms. The van der Waals surface area contributed by atoms with Gasteiger partial charge in [0.25, 0.3) is 11.5 Å². The Morgan fingerprint density at radius 1 is 1.29 bits per heavy atom. The lowest BCUT2D eigenvalue weighted by molar-refractivity contribution is -0.121. The number of hydrogen-bond donors (Lipinski definition) is 1. The van der Waals surface area contributed by atoms with Crippen LogP contribution >= 0.6 is 0 Å². The Kier molecular flexibility index (Phi) is 6.28. The van der Waals surface area contributed by atoms with Gasteiger partial charge in [0, 0.05) is 32.6 Å². The van der Waals surface area contributed by atoms with Crippen LogP contribution in [0.15, 0.2) is 33.5 Å². The van der Waals surface area contributed by atoms with Crippen molar-refractivity contribution in [1.29, 1.82) is 0 Å². The first-order valence-corrected chi connectivity index (χ1v) is 9.58. The molecule has 28 heavy (non-hydrogen) atoms. The Balaban J connectivity index is 1.47. The molecule has 2 aromatic heterocycles. The van der Waals surface area contributed by atoms with Crippen LogP contribution in [0.1, 0.15) is 47.7 Å². The molecule has 0 aliphatic carbocycles. The summed E-state index contributed by atoms with van der Waals surface area (Å²) in [7, 11) is 1.53. The zero-order valence-corrected chi connectivity index (χ0v) is 16.3. The fourth-order valence-electron chi connectivity index (χ4n) is 3.45. The van der Waals surface area contributed by atoms with Crippen molar-refractivity contribution in [3.05, 3.63) is 51.8 Å². The van der Waals surface area contributed by atoms with Crippen molar-refractivity contribution >= 4 is 11.8 Å². The van der Waals surface area contributed by atoms with E-state index in [9.17, 15) is 14.4 Å². The topological polar surface area (TPSA) is 97.4 Å². The standard InChI is InChI=1S/C20H26N4O4/c1-14-5-7-16(28-14)12-21-18(25)9-6-15-4-3-11-24(13-15)20(27)17-8-10-19(26)23(2)22-17/h5,7-8,10,15H,3-4,6,9,11-13H2,1-2H3,(H,21,25)/t15-/m0/s1. The second kappa shape index (κ2) is 8.86. The summed E-state index contributed by atoms with van der Waals surface area (Å²) in [6, 6.07) is 6.55. The first-order valence-electron chi connectivity index (χ1n) is 9.58. The minimum Gasteiger partial charge on any atom is -0.465 e. The highest BCUT2D eigenvalue weighted by Crippen LogP contribution is 2.22. The van der Waals surface area contributed by atoms with E-state index < -0.39 is 0 Å². The molecule has 0 radical (unpaired) electrons. The number of piperidine rings is 1.